The van der Waals surface area contributed by atoms with Gasteiger partial charge in [0.15, 0.2) is 0 Å². The van der Waals surface area contributed by atoms with Crippen LogP contribution in [-0.2, 0) is 4.79 Å². The number of aliphatic hydroxyl groups is 1. The summed E-state index contributed by atoms with van der Waals surface area (Å²) in [6, 6.07) is 8.12. The second-order valence-corrected chi connectivity index (χ2v) is 5.53. The Bertz CT molecular complexity index is 461. The van der Waals surface area contributed by atoms with Gasteiger partial charge in [-0.15, -0.1) is 0 Å². The summed E-state index contributed by atoms with van der Waals surface area (Å²) in [5, 5.41) is 15.8. The van der Waals surface area contributed by atoms with Crippen molar-refractivity contribution in [1.82, 2.24) is 10.6 Å². The summed E-state index contributed by atoms with van der Waals surface area (Å²) in [5.41, 5.74) is 1.05. The topological polar surface area (TPSA) is 70.6 Å². The molecule has 1 aromatic rings. The van der Waals surface area contributed by atoms with Crippen molar-refractivity contribution in [3.8, 4) is 5.75 Å². The molecule has 3 N–H and O–H groups in total. The molecule has 0 bridgehead atoms. The zero-order valence-electron chi connectivity index (χ0n) is 12.5. The second-order valence-electron chi connectivity index (χ2n) is 5.53. The van der Waals surface area contributed by atoms with Gasteiger partial charge < -0.3 is 20.5 Å². The van der Waals surface area contributed by atoms with Crippen LogP contribution in [0.5, 0.6) is 5.75 Å². The lowest BCUT2D eigenvalue weighted by atomic mass is 10.2. The first-order valence-electron chi connectivity index (χ1n) is 7.51. The number of rotatable bonds is 9. The molecule has 1 atom stereocenters. The molecule has 1 amide bonds. The van der Waals surface area contributed by atoms with Gasteiger partial charge in [0.2, 0.25) is 5.91 Å². The smallest absolute Gasteiger partial charge is 0.221 e. The lowest BCUT2D eigenvalue weighted by molar-refractivity contribution is -0.121. The van der Waals surface area contributed by atoms with E-state index in [1.165, 1.54) is 0 Å². The van der Waals surface area contributed by atoms with Crippen LogP contribution in [0.2, 0.25) is 0 Å². The highest BCUT2D eigenvalue weighted by molar-refractivity contribution is 5.76. The molecule has 0 radical (unpaired) electrons. The zero-order valence-corrected chi connectivity index (χ0v) is 12.5. The summed E-state index contributed by atoms with van der Waals surface area (Å²) in [5.74, 6) is 0.871. The van der Waals surface area contributed by atoms with Crippen molar-refractivity contribution in [2.75, 3.05) is 19.7 Å². The van der Waals surface area contributed by atoms with Crippen molar-refractivity contribution in [1.29, 1.82) is 0 Å². The molecule has 1 aromatic carbocycles. The van der Waals surface area contributed by atoms with Gasteiger partial charge in [0.05, 0.1) is 0 Å². The number of ether oxygens (including phenoxy) is 1. The van der Waals surface area contributed by atoms with E-state index < -0.39 is 6.10 Å². The van der Waals surface area contributed by atoms with E-state index in [0.29, 0.717) is 25.6 Å². The van der Waals surface area contributed by atoms with Gasteiger partial charge in [-0.25, -0.2) is 0 Å². The summed E-state index contributed by atoms with van der Waals surface area (Å²) in [7, 11) is 0. The Morgan fingerprint density at radius 1 is 1.43 bits per heavy atom. The van der Waals surface area contributed by atoms with Crippen LogP contribution in [0.4, 0.5) is 0 Å². The molecule has 1 aliphatic rings. The van der Waals surface area contributed by atoms with Gasteiger partial charge in [0.25, 0.3) is 0 Å². The Hall–Kier alpha value is -1.59. The quantitative estimate of drug-likeness (QED) is 0.594. The number of carbonyl (C=O) groups excluding carboxylic acids is 1. The Balaban J connectivity index is 1.54. The minimum atomic E-state index is -0.587. The maximum Gasteiger partial charge on any atom is 0.221 e. The number of hydrogen-bond donors (Lipinski definition) is 3. The first-order valence-corrected chi connectivity index (χ1v) is 7.51. The molecule has 2 rings (SSSR count). The van der Waals surface area contributed by atoms with Gasteiger partial charge in [0.1, 0.15) is 18.5 Å². The van der Waals surface area contributed by atoms with Gasteiger partial charge in [0, 0.05) is 25.6 Å². The maximum atomic E-state index is 11.4. The monoisotopic (exact) mass is 292 g/mol. The van der Waals surface area contributed by atoms with E-state index in [0.717, 1.165) is 24.2 Å². The van der Waals surface area contributed by atoms with E-state index in [1.54, 1.807) is 0 Å². The minimum Gasteiger partial charge on any atom is -0.491 e. The van der Waals surface area contributed by atoms with Crippen LogP contribution in [0.15, 0.2) is 24.3 Å². The van der Waals surface area contributed by atoms with Crippen molar-refractivity contribution in [3.63, 3.8) is 0 Å². The molecular weight excluding hydrogens is 268 g/mol. The minimum absolute atomic E-state index is 0.0793. The van der Waals surface area contributed by atoms with Gasteiger partial charge >= 0.3 is 0 Å². The predicted octanol–water partition coefficient (Wildman–Crippen LogP) is 0.993. The average molecular weight is 292 g/mol. The van der Waals surface area contributed by atoms with E-state index in [2.05, 4.69) is 10.6 Å². The van der Waals surface area contributed by atoms with Gasteiger partial charge in [-0.2, -0.15) is 0 Å². The molecule has 0 saturated heterocycles. The molecule has 5 nitrogen and oxygen atoms in total. The normalized spacial score (nSPS) is 15.5. The molecular formula is C16H24N2O3. The van der Waals surface area contributed by atoms with Crippen LogP contribution >= 0.6 is 0 Å². The van der Waals surface area contributed by atoms with Gasteiger partial charge in [-0.05, 0) is 31.4 Å². The van der Waals surface area contributed by atoms with Crippen LogP contribution in [0.1, 0.15) is 24.8 Å². The Morgan fingerprint density at radius 2 is 2.19 bits per heavy atom. The first kappa shape index (κ1) is 15.8. The molecule has 21 heavy (non-hydrogen) atoms. The summed E-state index contributed by atoms with van der Waals surface area (Å²) >= 11 is 0. The van der Waals surface area contributed by atoms with E-state index in [1.807, 2.05) is 31.2 Å². The molecule has 0 aliphatic heterocycles. The Kier molecular flexibility index (Phi) is 6.02. The van der Waals surface area contributed by atoms with Gasteiger partial charge in [-0.1, -0.05) is 18.2 Å². The predicted molar refractivity (Wildman–Crippen MR) is 81.3 cm³/mol. The third-order valence-corrected chi connectivity index (χ3v) is 3.38. The number of carbonyl (C=O) groups is 1. The van der Waals surface area contributed by atoms with Crippen molar-refractivity contribution >= 4 is 5.91 Å². The Labute approximate surface area is 125 Å². The van der Waals surface area contributed by atoms with Crippen LogP contribution in [0, 0.1) is 6.92 Å². The maximum absolute atomic E-state index is 11.4. The summed E-state index contributed by atoms with van der Waals surface area (Å²) in [4.78, 5) is 11.4. The summed E-state index contributed by atoms with van der Waals surface area (Å²) in [6.07, 6.45) is 2.07. The lowest BCUT2D eigenvalue weighted by Crippen LogP contribution is -2.34. The third-order valence-electron chi connectivity index (χ3n) is 3.38. The molecule has 1 saturated carbocycles. The number of amides is 1. The van der Waals surface area contributed by atoms with E-state index >= 15 is 0 Å². The number of aliphatic hydroxyl groups excluding tert-OH is 1. The summed E-state index contributed by atoms with van der Waals surface area (Å²) in [6.45, 7) is 3.20. The Morgan fingerprint density at radius 3 is 2.90 bits per heavy atom. The molecule has 116 valence electrons. The molecule has 1 unspecified atom stereocenters. The number of benzene rings is 1. The van der Waals surface area contributed by atoms with E-state index in [4.69, 9.17) is 4.74 Å². The highest BCUT2D eigenvalue weighted by Crippen LogP contribution is 2.18. The van der Waals surface area contributed by atoms with Crippen LogP contribution < -0.4 is 15.4 Å². The molecule has 0 heterocycles. The van der Waals surface area contributed by atoms with Gasteiger partial charge in [-0.3, -0.25) is 4.79 Å². The molecule has 0 spiro atoms. The van der Waals surface area contributed by atoms with Crippen molar-refractivity contribution < 1.29 is 14.6 Å². The first-order chi connectivity index (χ1) is 10.1. The number of aryl methyl sites for hydroxylation is 1. The molecule has 1 fully saturated rings. The lowest BCUT2D eigenvalue weighted by Gasteiger charge is -2.14. The number of hydrogen-bond acceptors (Lipinski definition) is 4. The standard InChI is InChI=1S/C16H24N2O3/c1-12-4-2-3-5-15(12)21-11-14(19)10-17-9-8-16(20)18-13-6-7-13/h2-5,13-14,17,19H,6-11H2,1H3,(H,18,20). The molecule has 5 heteroatoms. The number of para-hydroxylation sites is 1. The second kappa shape index (κ2) is 8.00. The average Bonchev–Trinajstić information content (AvgIpc) is 3.26. The van der Waals surface area contributed by atoms with Crippen LogP contribution in [0.25, 0.3) is 0 Å². The van der Waals surface area contributed by atoms with Crippen molar-refractivity contribution in [2.45, 2.75) is 38.3 Å². The number of nitrogens with one attached hydrogen (secondary N) is 2. The largest absolute Gasteiger partial charge is 0.491 e. The summed E-state index contributed by atoms with van der Waals surface area (Å²) < 4.78 is 5.57. The highest BCUT2D eigenvalue weighted by Gasteiger charge is 2.22. The van der Waals surface area contributed by atoms with Crippen LogP contribution in [-0.4, -0.2) is 42.9 Å². The fraction of sp³-hybridized carbons (Fsp3) is 0.562. The zero-order chi connectivity index (χ0) is 15.1. The molecule has 1 aliphatic carbocycles. The highest BCUT2D eigenvalue weighted by atomic mass is 16.5. The fourth-order valence-corrected chi connectivity index (χ4v) is 1.96. The van der Waals surface area contributed by atoms with Crippen LogP contribution in [0.3, 0.4) is 0 Å². The van der Waals surface area contributed by atoms with Crippen molar-refractivity contribution in [3.05, 3.63) is 29.8 Å². The third kappa shape index (κ3) is 6.14. The van der Waals surface area contributed by atoms with Crippen molar-refractivity contribution in [2.24, 2.45) is 0 Å². The molecule has 0 aromatic heterocycles. The van der Waals surface area contributed by atoms with E-state index in [9.17, 15) is 9.90 Å². The fourth-order valence-electron chi connectivity index (χ4n) is 1.96. The van der Waals surface area contributed by atoms with E-state index in [-0.39, 0.29) is 12.5 Å². The SMILES string of the molecule is Cc1ccccc1OCC(O)CNCCC(=O)NC1CC1.